The lowest BCUT2D eigenvalue weighted by atomic mass is 10.1. The number of sulfone groups is 1. The van der Waals surface area contributed by atoms with E-state index >= 15 is 0 Å². The Morgan fingerprint density at radius 2 is 2.14 bits per heavy atom. The molecule has 4 nitrogen and oxygen atoms in total. The number of nitrogens with one attached hydrogen (secondary N) is 1. The van der Waals surface area contributed by atoms with Gasteiger partial charge < -0.3 is 4.90 Å². The van der Waals surface area contributed by atoms with E-state index in [0.29, 0.717) is 18.0 Å². The van der Waals surface area contributed by atoms with Crippen LogP contribution in [-0.2, 0) is 9.84 Å². The Kier molecular flexibility index (Phi) is 2.51. The molecule has 0 saturated carbocycles. The predicted molar refractivity (Wildman–Crippen MR) is 55.3 cm³/mol. The van der Waals surface area contributed by atoms with E-state index in [2.05, 4.69) is 0 Å². The van der Waals surface area contributed by atoms with Crippen LogP contribution in [0.5, 0.6) is 0 Å². The molecule has 0 aromatic rings. The van der Waals surface area contributed by atoms with Gasteiger partial charge in [0.2, 0.25) is 0 Å². The number of piperidine rings is 1. The van der Waals surface area contributed by atoms with Gasteiger partial charge in [0.25, 0.3) is 0 Å². The van der Waals surface area contributed by atoms with Crippen LogP contribution < -0.4 is 0 Å². The Bertz CT molecular complexity index is 337. The first-order chi connectivity index (χ1) is 6.58. The molecule has 0 bridgehead atoms. The monoisotopic (exact) mass is 216 g/mol. The summed E-state index contributed by atoms with van der Waals surface area (Å²) in [6.07, 6.45) is 3.70. The Morgan fingerprint density at radius 1 is 1.36 bits per heavy atom. The zero-order chi connectivity index (χ0) is 10.2. The number of hydrogen-bond acceptors (Lipinski definition) is 3. The van der Waals surface area contributed by atoms with Crippen molar-refractivity contribution < 1.29 is 8.42 Å². The van der Waals surface area contributed by atoms with Crippen LogP contribution in [-0.4, -0.2) is 43.2 Å². The smallest absolute Gasteiger partial charge is 0.152 e. The molecule has 2 aliphatic rings. The zero-order valence-corrected chi connectivity index (χ0v) is 9.02. The van der Waals surface area contributed by atoms with E-state index in [0.717, 1.165) is 25.8 Å². The summed E-state index contributed by atoms with van der Waals surface area (Å²) in [5.41, 5.74) is 0. The van der Waals surface area contributed by atoms with E-state index in [1.54, 1.807) is 0 Å². The van der Waals surface area contributed by atoms with Gasteiger partial charge in [-0.15, -0.1) is 0 Å². The Balaban J connectivity index is 2.05. The number of nitrogens with zero attached hydrogens (tertiary/aromatic N) is 1. The van der Waals surface area contributed by atoms with Crippen LogP contribution in [0.4, 0.5) is 0 Å². The summed E-state index contributed by atoms with van der Waals surface area (Å²) in [7, 11) is -2.81. The lowest BCUT2D eigenvalue weighted by Crippen LogP contribution is -2.43. The minimum absolute atomic E-state index is 0.0906. The molecule has 14 heavy (non-hydrogen) atoms. The van der Waals surface area contributed by atoms with E-state index in [9.17, 15) is 8.42 Å². The molecule has 5 heteroatoms. The first kappa shape index (κ1) is 9.96. The van der Waals surface area contributed by atoms with Crippen molar-refractivity contribution in [3.63, 3.8) is 0 Å². The standard InChI is InChI=1S/C9H16N2O2S/c10-9-3-1-2-5-11(9)8-4-6-14(12,13)7-8/h8,10H,1-7H2. The van der Waals surface area contributed by atoms with Crippen molar-refractivity contribution in [1.29, 1.82) is 5.41 Å². The quantitative estimate of drug-likeness (QED) is 0.699. The van der Waals surface area contributed by atoms with E-state index < -0.39 is 9.84 Å². The number of likely N-dealkylation sites (tertiary alicyclic amines) is 1. The highest BCUT2D eigenvalue weighted by Crippen LogP contribution is 2.22. The van der Waals surface area contributed by atoms with Gasteiger partial charge in [-0.2, -0.15) is 0 Å². The van der Waals surface area contributed by atoms with Crippen molar-refractivity contribution in [2.24, 2.45) is 0 Å². The molecule has 1 unspecified atom stereocenters. The molecule has 0 aromatic carbocycles. The molecule has 1 N–H and O–H groups in total. The lowest BCUT2D eigenvalue weighted by Gasteiger charge is -2.33. The third kappa shape index (κ3) is 1.92. The molecule has 2 fully saturated rings. The minimum Gasteiger partial charge on any atom is -0.357 e. The summed E-state index contributed by atoms with van der Waals surface area (Å²) in [5.74, 6) is 1.20. The molecular formula is C9H16N2O2S. The highest BCUT2D eigenvalue weighted by molar-refractivity contribution is 7.91. The Morgan fingerprint density at radius 3 is 2.71 bits per heavy atom. The first-order valence-corrected chi connectivity index (χ1v) is 6.95. The van der Waals surface area contributed by atoms with Crippen molar-refractivity contribution in [3.8, 4) is 0 Å². The van der Waals surface area contributed by atoms with Gasteiger partial charge in [-0.05, 0) is 19.3 Å². The van der Waals surface area contributed by atoms with Gasteiger partial charge in [-0.3, -0.25) is 5.41 Å². The van der Waals surface area contributed by atoms with Crippen LogP contribution in [0, 0.1) is 5.41 Å². The van der Waals surface area contributed by atoms with Crippen LogP contribution >= 0.6 is 0 Å². The lowest BCUT2D eigenvalue weighted by molar-refractivity contribution is 0.299. The van der Waals surface area contributed by atoms with Crippen molar-refractivity contribution >= 4 is 15.7 Å². The molecule has 1 atom stereocenters. The highest BCUT2D eigenvalue weighted by Gasteiger charge is 2.33. The highest BCUT2D eigenvalue weighted by atomic mass is 32.2. The van der Waals surface area contributed by atoms with Crippen LogP contribution in [0.25, 0.3) is 0 Å². The molecule has 0 aliphatic carbocycles. The molecule has 2 heterocycles. The molecule has 0 radical (unpaired) electrons. The van der Waals surface area contributed by atoms with Crippen molar-refractivity contribution in [1.82, 2.24) is 4.90 Å². The molecule has 2 aliphatic heterocycles. The van der Waals surface area contributed by atoms with Crippen LogP contribution in [0.3, 0.4) is 0 Å². The maximum absolute atomic E-state index is 11.3. The summed E-state index contributed by atoms with van der Waals surface area (Å²) in [6, 6.07) is 0.0906. The fourth-order valence-corrected chi connectivity index (χ4v) is 4.01. The average molecular weight is 216 g/mol. The topological polar surface area (TPSA) is 61.2 Å². The third-order valence-corrected chi connectivity index (χ3v) is 4.81. The van der Waals surface area contributed by atoms with E-state index in [-0.39, 0.29) is 11.8 Å². The number of rotatable bonds is 1. The minimum atomic E-state index is -2.81. The van der Waals surface area contributed by atoms with Crippen LogP contribution in [0.2, 0.25) is 0 Å². The second-order valence-electron chi connectivity index (χ2n) is 4.15. The van der Waals surface area contributed by atoms with Gasteiger partial charge in [-0.25, -0.2) is 8.42 Å². The van der Waals surface area contributed by atoms with Gasteiger partial charge in [-0.1, -0.05) is 0 Å². The summed E-state index contributed by atoms with van der Waals surface area (Å²) in [6.45, 7) is 0.874. The third-order valence-electron chi connectivity index (χ3n) is 3.06. The molecular weight excluding hydrogens is 200 g/mol. The predicted octanol–water partition coefficient (Wildman–Crippen LogP) is 0.637. The van der Waals surface area contributed by atoms with Gasteiger partial charge in [0.05, 0.1) is 17.3 Å². The van der Waals surface area contributed by atoms with E-state index in [4.69, 9.17) is 5.41 Å². The molecule has 0 aromatic heterocycles. The molecule has 0 spiro atoms. The average Bonchev–Trinajstić information content (AvgIpc) is 2.47. The fourth-order valence-electron chi connectivity index (χ4n) is 2.28. The van der Waals surface area contributed by atoms with Crippen LogP contribution in [0.15, 0.2) is 0 Å². The van der Waals surface area contributed by atoms with Gasteiger partial charge in [0.1, 0.15) is 0 Å². The van der Waals surface area contributed by atoms with Crippen LogP contribution in [0.1, 0.15) is 25.7 Å². The van der Waals surface area contributed by atoms with E-state index in [1.165, 1.54) is 0 Å². The normalized spacial score (nSPS) is 32.1. The fraction of sp³-hybridized carbons (Fsp3) is 0.889. The van der Waals surface area contributed by atoms with Crippen molar-refractivity contribution in [2.75, 3.05) is 18.1 Å². The largest absolute Gasteiger partial charge is 0.357 e. The maximum atomic E-state index is 11.3. The summed E-state index contributed by atoms with van der Waals surface area (Å²) in [4.78, 5) is 1.99. The van der Waals surface area contributed by atoms with Crippen molar-refractivity contribution in [3.05, 3.63) is 0 Å². The zero-order valence-electron chi connectivity index (χ0n) is 8.20. The maximum Gasteiger partial charge on any atom is 0.152 e. The molecule has 2 rings (SSSR count). The van der Waals surface area contributed by atoms with E-state index in [1.807, 2.05) is 4.90 Å². The SMILES string of the molecule is N=C1CCCCN1C1CCS(=O)(=O)C1. The van der Waals surface area contributed by atoms with Gasteiger partial charge in [0, 0.05) is 19.0 Å². The summed E-state index contributed by atoms with van der Waals surface area (Å²) < 4.78 is 22.6. The summed E-state index contributed by atoms with van der Waals surface area (Å²) in [5, 5.41) is 7.77. The number of hydrogen-bond donors (Lipinski definition) is 1. The van der Waals surface area contributed by atoms with Crippen molar-refractivity contribution in [2.45, 2.75) is 31.7 Å². The first-order valence-electron chi connectivity index (χ1n) is 5.13. The second kappa shape index (κ2) is 3.53. The molecule has 80 valence electrons. The van der Waals surface area contributed by atoms with Gasteiger partial charge in [0.15, 0.2) is 9.84 Å². The Hall–Kier alpha value is -0.580. The molecule has 2 saturated heterocycles. The second-order valence-corrected chi connectivity index (χ2v) is 6.38. The Labute approximate surface area is 84.7 Å². The summed E-state index contributed by atoms with van der Waals surface area (Å²) >= 11 is 0. The molecule has 0 amide bonds. The number of amidine groups is 1. The van der Waals surface area contributed by atoms with Gasteiger partial charge >= 0.3 is 0 Å².